The highest BCUT2D eigenvalue weighted by atomic mass is 79.9. The van der Waals surface area contributed by atoms with Crippen LogP contribution in [0.2, 0.25) is 0 Å². The molecule has 20 heavy (non-hydrogen) atoms. The van der Waals surface area contributed by atoms with Gasteiger partial charge in [-0.05, 0) is 31.6 Å². The van der Waals surface area contributed by atoms with E-state index in [1.165, 1.54) is 38.5 Å². The van der Waals surface area contributed by atoms with Crippen molar-refractivity contribution in [3.63, 3.8) is 0 Å². The van der Waals surface area contributed by atoms with Gasteiger partial charge in [0.15, 0.2) is 0 Å². The monoisotopic (exact) mass is 345 g/mol. The quantitative estimate of drug-likeness (QED) is 0.447. The van der Waals surface area contributed by atoms with Crippen LogP contribution in [-0.4, -0.2) is 41.3 Å². The number of esters is 1. The minimum absolute atomic E-state index is 0.0149. The Balaban J connectivity index is 1.80. The van der Waals surface area contributed by atoms with Gasteiger partial charge in [0, 0.05) is 6.54 Å². The van der Waals surface area contributed by atoms with Gasteiger partial charge in [-0.25, -0.2) is 4.79 Å². The molecule has 1 saturated heterocycles. The molecule has 5 heteroatoms. The lowest BCUT2D eigenvalue weighted by molar-refractivity contribution is -0.154. The third-order valence-corrected chi connectivity index (χ3v) is 4.88. The molecule has 0 N–H and O–H groups in total. The number of hydrogen-bond acceptors (Lipinski definition) is 3. The Bertz CT molecular complexity index is 340. The molecule has 114 valence electrons. The maximum atomic E-state index is 12.2. The minimum Gasteiger partial charge on any atom is -0.464 e. The van der Waals surface area contributed by atoms with Crippen molar-refractivity contribution in [2.45, 2.75) is 57.4 Å². The van der Waals surface area contributed by atoms with Crippen LogP contribution in [0, 0.1) is 5.92 Å². The van der Waals surface area contributed by atoms with Gasteiger partial charge >= 0.3 is 5.97 Å². The van der Waals surface area contributed by atoms with Gasteiger partial charge in [-0.2, -0.15) is 0 Å². The van der Waals surface area contributed by atoms with E-state index in [0.29, 0.717) is 19.1 Å². The summed E-state index contributed by atoms with van der Waals surface area (Å²) >= 11 is 3.17. The number of carbonyl (C=O) groups excluding carboxylic acids is 2. The third kappa shape index (κ3) is 4.21. The zero-order valence-electron chi connectivity index (χ0n) is 12.0. The summed E-state index contributed by atoms with van der Waals surface area (Å²) in [6.45, 7) is 1.21. The van der Waals surface area contributed by atoms with Crippen LogP contribution in [0.5, 0.6) is 0 Å². The van der Waals surface area contributed by atoms with Crippen molar-refractivity contribution in [1.29, 1.82) is 0 Å². The van der Waals surface area contributed by atoms with Crippen molar-refractivity contribution < 1.29 is 14.3 Å². The molecule has 1 heterocycles. The molecule has 0 radical (unpaired) electrons. The van der Waals surface area contributed by atoms with Crippen LogP contribution in [0.3, 0.4) is 0 Å². The topological polar surface area (TPSA) is 46.6 Å². The van der Waals surface area contributed by atoms with Crippen LogP contribution in [0.1, 0.15) is 51.4 Å². The third-order valence-electron chi connectivity index (χ3n) is 4.40. The summed E-state index contributed by atoms with van der Waals surface area (Å²) in [7, 11) is 0. The first-order chi connectivity index (χ1) is 9.72. The molecule has 1 saturated carbocycles. The molecule has 0 bridgehead atoms. The van der Waals surface area contributed by atoms with Crippen LogP contribution < -0.4 is 0 Å². The highest BCUT2D eigenvalue weighted by Crippen LogP contribution is 2.24. The number of ether oxygens (including phenoxy) is 1. The average molecular weight is 346 g/mol. The first kappa shape index (κ1) is 15.8. The van der Waals surface area contributed by atoms with E-state index in [1.807, 2.05) is 0 Å². The molecule has 1 amide bonds. The summed E-state index contributed by atoms with van der Waals surface area (Å²) < 4.78 is 5.50. The van der Waals surface area contributed by atoms with Gasteiger partial charge in [-0.1, -0.05) is 41.6 Å². The van der Waals surface area contributed by atoms with E-state index in [0.717, 1.165) is 12.8 Å². The normalized spacial score (nSPS) is 24.4. The van der Waals surface area contributed by atoms with E-state index < -0.39 is 0 Å². The maximum absolute atomic E-state index is 12.2. The fourth-order valence-electron chi connectivity index (χ4n) is 3.21. The van der Waals surface area contributed by atoms with E-state index in [4.69, 9.17) is 4.74 Å². The van der Waals surface area contributed by atoms with Gasteiger partial charge in [0.25, 0.3) is 0 Å². The highest BCUT2D eigenvalue weighted by Gasteiger charge is 2.34. The summed E-state index contributed by atoms with van der Waals surface area (Å²) in [5.74, 6) is 0.295. The molecule has 1 atom stereocenters. The summed E-state index contributed by atoms with van der Waals surface area (Å²) in [5, 5.41) is 0.277. The highest BCUT2D eigenvalue weighted by molar-refractivity contribution is 9.09. The lowest BCUT2D eigenvalue weighted by Gasteiger charge is -2.23. The molecular weight excluding hydrogens is 322 g/mol. The average Bonchev–Trinajstić information content (AvgIpc) is 2.81. The smallest absolute Gasteiger partial charge is 0.328 e. The lowest BCUT2D eigenvalue weighted by atomic mass is 10.0. The number of amides is 1. The molecule has 0 aromatic carbocycles. The number of rotatable bonds is 4. The second kappa shape index (κ2) is 8.01. The number of likely N-dealkylation sites (tertiary alicyclic amines) is 1. The predicted octanol–water partition coefficient (Wildman–Crippen LogP) is 2.89. The molecule has 0 aromatic rings. The molecule has 2 aliphatic rings. The van der Waals surface area contributed by atoms with Gasteiger partial charge in [-0.3, -0.25) is 4.79 Å². The molecule has 1 aliphatic heterocycles. The predicted molar refractivity (Wildman–Crippen MR) is 80.7 cm³/mol. The zero-order valence-corrected chi connectivity index (χ0v) is 13.6. The van der Waals surface area contributed by atoms with Crippen molar-refractivity contribution in [3.05, 3.63) is 0 Å². The van der Waals surface area contributed by atoms with E-state index in [2.05, 4.69) is 15.9 Å². The Morgan fingerprint density at radius 3 is 2.40 bits per heavy atom. The van der Waals surface area contributed by atoms with Crippen LogP contribution >= 0.6 is 15.9 Å². The van der Waals surface area contributed by atoms with Crippen LogP contribution in [0.25, 0.3) is 0 Å². The maximum Gasteiger partial charge on any atom is 0.328 e. The molecule has 4 nitrogen and oxygen atoms in total. The summed E-state index contributed by atoms with van der Waals surface area (Å²) in [6, 6.07) is -0.356. The van der Waals surface area contributed by atoms with E-state index in [1.54, 1.807) is 4.90 Å². The molecule has 0 aromatic heterocycles. The fraction of sp³-hybridized carbons (Fsp3) is 0.867. The van der Waals surface area contributed by atoms with Gasteiger partial charge in [0.05, 0.1) is 11.9 Å². The van der Waals surface area contributed by atoms with Crippen molar-refractivity contribution in [2.24, 2.45) is 5.92 Å². The Morgan fingerprint density at radius 1 is 1.05 bits per heavy atom. The Morgan fingerprint density at radius 2 is 1.75 bits per heavy atom. The Hall–Kier alpha value is -0.580. The van der Waals surface area contributed by atoms with E-state index in [9.17, 15) is 9.59 Å². The zero-order chi connectivity index (χ0) is 14.4. The minimum atomic E-state index is -0.356. The summed E-state index contributed by atoms with van der Waals surface area (Å²) in [6.07, 6.45) is 9.08. The number of halogens is 1. The number of nitrogens with zero attached hydrogens (tertiary/aromatic N) is 1. The fourth-order valence-corrected chi connectivity index (χ4v) is 3.54. The molecular formula is C15H24BrNO3. The first-order valence-electron chi connectivity index (χ1n) is 7.74. The molecule has 2 rings (SSSR count). The van der Waals surface area contributed by atoms with Crippen molar-refractivity contribution >= 4 is 27.8 Å². The van der Waals surface area contributed by atoms with Gasteiger partial charge in [-0.15, -0.1) is 0 Å². The van der Waals surface area contributed by atoms with Crippen molar-refractivity contribution in [1.82, 2.24) is 4.90 Å². The van der Waals surface area contributed by atoms with Crippen LogP contribution in [0.15, 0.2) is 0 Å². The van der Waals surface area contributed by atoms with Gasteiger partial charge < -0.3 is 9.64 Å². The first-order valence-corrected chi connectivity index (χ1v) is 8.86. The van der Waals surface area contributed by atoms with Crippen LogP contribution in [-0.2, 0) is 14.3 Å². The number of alkyl halides is 1. The second-order valence-corrected chi connectivity index (χ2v) is 6.43. The second-order valence-electron chi connectivity index (χ2n) is 5.87. The summed E-state index contributed by atoms with van der Waals surface area (Å²) in [5.41, 5.74) is 0. The van der Waals surface area contributed by atoms with Crippen molar-refractivity contribution in [2.75, 3.05) is 18.5 Å². The summed E-state index contributed by atoms with van der Waals surface area (Å²) in [4.78, 5) is 25.6. The lowest BCUT2D eigenvalue weighted by Crippen LogP contribution is -2.42. The molecule has 1 unspecified atom stereocenters. The Kier molecular flexibility index (Phi) is 6.33. The molecule has 2 fully saturated rings. The largest absolute Gasteiger partial charge is 0.464 e. The van der Waals surface area contributed by atoms with Gasteiger partial charge in [0.1, 0.15) is 6.04 Å². The SMILES string of the molecule is O=C(OCC1CCCCCC1)C1CCCN1C(=O)CBr. The van der Waals surface area contributed by atoms with Gasteiger partial charge in [0.2, 0.25) is 5.91 Å². The number of carbonyl (C=O) groups is 2. The van der Waals surface area contributed by atoms with E-state index >= 15 is 0 Å². The van der Waals surface area contributed by atoms with E-state index in [-0.39, 0.29) is 23.2 Å². The standard InChI is InChI=1S/C15H24BrNO3/c16-10-14(18)17-9-5-8-13(17)15(19)20-11-12-6-3-1-2-4-7-12/h12-13H,1-11H2. The Labute approximate surface area is 129 Å². The number of hydrogen-bond donors (Lipinski definition) is 0. The van der Waals surface area contributed by atoms with Crippen LogP contribution in [0.4, 0.5) is 0 Å². The molecule has 1 aliphatic carbocycles. The molecule has 0 spiro atoms. The van der Waals surface area contributed by atoms with Crippen molar-refractivity contribution in [3.8, 4) is 0 Å².